The van der Waals surface area contributed by atoms with Gasteiger partial charge in [-0.1, -0.05) is 23.9 Å². The number of hydrogen-bond acceptors (Lipinski definition) is 7. The summed E-state index contributed by atoms with van der Waals surface area (Å²) in [7, 11) is 0. The van der Waals surface area contributed by atoms with E-state index in [0.29, 0.717) is 55.4 Å². The van der Waals surface area contributed by atoms with E-state index < -0.39 is 0 Å². The number of aromatic nitrogens is 2. The van der Waals surface area contributed by atoms with Gasteiger partial charge in [0, 0.05) is 44.0 Å². The van der Waals surface area contributed by atoms with Crippen molar-refractivity contribution >= 4 is 23.6 Å². The van der Waals surface area contributed by atoms with Crippen LogP contribution in [-0.4, -0.2) is 66.1 Å². The van der Waals surface area contributed by atoms with Gasteiger partial charge in [0.25, 0.3) is 5.91 Å². The number of benzene rings is 2. The molecule has 5 rings (SSSR count). The molecule has 0 bridgehead atoms. The van der Waals surface area contributed by atoms with Gasteiger partial charge in [0.1, 0.15) is 11.8 Å². The molecule has 0 saturated carbocycles. The molecule has 2 N–H and O–H groups in total. The second kappa shape index (κ2) is 15.4. The van der Waals surface area contributed by atoms with E-state index in [4.69, 9.17) is 8.80 Å². The molecule has 3 heterocycles. The number of rotatable bonds is 5. The van der Waals surface area contributed by atoms with Gasteiger partial charge >= 0.3 is 28.1 Å². The summed E-state index contributed by atoms with van der Waals surface area (Å²) in [4.78, 5) is 36.4. The zero-order valence-electron chi connectivity index (χ0n) is 21.4. The summed E-state index contributed by atoms with van der Waals surface area (Å²) in [5.41, 5.74) is 3.39. The first-order chi connectivity index (χ1) is 19.0. The Balaban J connectivity index is 0.000000216. The number of carbonyl (C=O) groups is 2. The average molecular weight is 703 g/mol. The maximum atomic E-state index is 12.4. The van der Waals surface area contributed by atoms with Crippen molar-refractivity contribution in [2.45, 2.75) is 13.5 Å². The summed E-state index contributed by atoms with van der Waals surface area (Å²) < 4.78 is 8.28. The van der Waals surface area contributed by atoms with Crippen LogP contribution >= 0.6 is 0 Å². The van der Waals surface area contributed by atoms with Gasteiger partial charge in [-0.3, -0.25) is 4.79 Å². The molecule has 3 amide bonds. The number of amides is 3. The van der Waals surface area contributed by atoms with E-state index >= 15 is 0 Å². The number of nitrogens with zero attached hydrogens (tertiary/aromatic N) is 6. The topological polar surface area (TPSA) is 145 Å². The van der Waals surface area contributed by atoms with Crippen molar-refractivity contribution in [2.75, 3.05) is 49.5 Å². The molecule has 2 aliphatic heterocycles. The molecule has 2 aliphatic rings. The van der Waals surface area contributed by atoms with Crippen LogP contribution in [0, 0.1) is 24.3 Å². The molecule has 2 saturated heterocycles. The molecule has 12 heteroatoms. The van der Waals surface area contributed by atoms with E-state index in [9.17, 15) is 9.59 Å². The van der Waals surface area contributed by atoms with E-state index in [1.807, 2.05) is 31.2 Å². The van der Waals surface area contributed by atoms with Crippen LogP contribution in [0.15, 0.2) is 54.6 Å². The number of hydrogen-bond donors (Lipinski definition) is 2. The fourth-order valence-corrected chi connectivity index (χ4v) is 3.97. The Morgan fingerprint density at radius 3 is 2.54 bits per heavy atom. The molecular formula is C27H28N8O3Os-2. The van der Waals surface area contributed by atoms with Crippen molar-refractivity contribution in [1.29, 1.82) is 5.26 Å². The molecule has 0 radical (unpaired) electrons. The van der Waals surface area contributed by atoms with Crippen LogP contribution in [0.1, 0.15) is 27.3 Å². The summed E-state index contributed by atoms with van der Waals surface area (Å²) in [6.07, 6.45) is 0. The fourth-order valence-electron chi connectivity index (χ4n) is 3.97. The zero-order chi connectivity index (χ0) is 28.0. The number of nitrogens with one attached hydrogen (secondary N) is 2. The fraction of sp³-hybridized carbons (Fsp3) is 0.296. The predicted octanol–water partition coefficient (Wildman–Crippen LogP) is 2.99. The molecule has 2 fully saturated rings. The maximum absolute atomic E-state index is 12.4. The first kappa shape index (κ1) is 29.5. The van der Waals surface area contributed by atoms with E-state index in [2.05, 4.69) is 36.9 Å². The van der Waals surface area contributed by atoms with E-state index in [-0.39, 0.29) is 11.9 Å². The molecule has 39 heavy (non-hydrogen) atoms. The Morgan fingerprint density at radius 1 is 1.15 bits per heavy atom. The molecule has 0 unspecified atom stereocenters. The standard InChI is InChI=1S/C17H16N3O2.C10H12N5.O.Os/c21-16(19-14-7-2-1-3-8-14)15-9-5-4-6-13(15)12-20-11-10-18-17(20)22;1-8-6-9(7-11)14-10(13-8)15-4-2-12-3-5-15;;/h2-9H,10-12H2,(H,18,22)(H,19,21);6H,2-5H2,1H3;;/q2*-1;;. The van der Waals surface area contributed by atoms with Crippen molar-refractivity contribution in [2.24, 2.45) is 0 Å². The van der Waals surface area contributed by atoms with Crippen LogP contribution in [-0.2, 0) is 28.6 Å². The normalized spacial score (nSPS) is 14.1. The van der Waals surface area contributed by atoms with Crippen LogP contribution in [0.2, 0.25) is 0 Å². The summed E-state index contributed by atoms with van der Waals surface area (Å²) in [6.45, 7) is 6.93. The summed E-state index contributed by atoms with van der Waals surface area (Å²) in [5.74, 6) is 0.475. The number of carbonyl (C=O) groups excluding carboxylic acids is 2. The molecule has 0 spiro atoms. The Bertz CT molecular complexity index is 1300. The molecule has 0 atom stereocenters. The summed E-state index contributed by atoms with van der Waals surface area (Å²) >= 11 is 0.611. The van der Waals surface area contributed by atoms with Crippen LogP contribution < -0.4 is 15.5 Å². The van der Waals surface area contributed by atoms with Gasteiger partial charge in [0.15, 0.2) is 0 Å². The Labute approximate surface area is 237 Å². The van der Waals surface area contributed by atoms with Crippen LogP contribution in [0.3, 0.4) is 0 Å². The first-order valence-corrected chi connectivity index (χ1v) is 13.2. The van der Waals surface area contributed by atoms with E-state index in [0.717, 1.165) is 43.1 Å². The van der Waals surface area contributed by atoms with Gasteiger partial charge in [0.05, 0.1) is 0 Å². The van der Waals surface area contributed by atoms with Crippen LogP contribution in [0.25, 0.3) is 5.32 Å². The predicted molar refractivity (Wildman–Crippen MR) is 141 cm³/mol. The zero-order valence-corrected chi connectivity index (χ0v) is 23.9. The van der Waals surface area contributed by atoms with Crippen LogP contribution in [0.5, 0.6) is 0 Å². The molecule has 1 aromatic heterocycles. The number of aryl methyl sites for hydroxylation is 1. The van der Waals surface area contributed by atoms with Gasteiger partial charge in [-0.2, -0.15) is 23.5 Å². The summed E-state index contributed by atoms with van der Waals surface area (Å²) in [6, 6.07) is 21.0. The van der Waals surface area contributed by atoms with Crippen molar-refractivity contribution in [1.82, 2.24) is 20.2 Å². The third-order valence-corrected chi connectivity index (χ3v) is 5.84. The minimum absolute atomic E-state index is 0.0891. The second-order valence-electron chi connectivity index (χ2n) is 8.52. The molecule has 3 aromatic rings. The van der Waals surface area contributed by atoms with Gasteiger partial charge in [-0.25, -0.2) is 14.8 Å². The van der Waals surface area contributed by atoms with Crippen molar-refractivity contribution in [3.05, 3.63) is 88.5 Å². The average Bonchev–Trinajstić information content (AvgIpc) is 3.39. The van der Waals surface area contributed by atoms with E-state index in [1.165, 1.54) is 0 Å². The Hall–Kier alpha value is -4.05. The molecular weight excluding hydrogens is 675 g/mol. The van der Waals surface area contributed by atoms with Crippen molar-refractivity contribution < 1.29 is 31.7 Å². The second-order valence-corrected chi connectivity index (χ2v) is 8.52. The van der Waals surface area contributed by atoms with Gasteiger partial charge in [-0.05, 0) is 24.6 Å². The molecule has 11 nitrogen and oxygen atoms in total. The molecule has 204 valence electrons. The van der Waals surface area contributed by atoms with Gasteiger partial charge < -0.3 is 25.8 Å². The van der Waals surface area contributed by atoms with E-state index in [1.54, 1.807) is 41.3 Å². The van der Waals surface area contributed by atoms with Crippen LogP contribution in [0.4, 0.5) is 16.4 Å². The third kappa shape index (κ3) is 8.74. The SMILES string of the molecule is Cc1cc(C#N)nc(N2CC[N-]CC2)n1.O=C(Nc1cc[c-]cc1)c1ccccc1CN1CCNC1=O.[O]=[Os]. The van der Waals surface area contributed by atoms with Crippen molar-refractivity contribution in [3.8, 4) is 6.07 Å². The minimum atomic E-state index is -0.179. The van der Waals surface area contributed by atoms with Gasteiger partial charge in [0.2, 0.25) is 5.95 Å². The van der Waals surface area contributed by atoms with Crippen molar-refractivity contribution in [3.63, 3.8) is 0 Å². The molecule has 0 aliphatic carbocycles. The first-order valence-electron chi connectivity index (χ1n) is 12.2. The number of anilines is 2. The number of nitriles is 1. The Kier molecular flexibility index (Phi) is 11.6. The number of piperazine rings is 1. The van der Waals surface area contributed by atoms with Gasteiger partial charge in [-0.15, -0.1) is 25.2 Å². The quantitative estimate of drug-likeness (QED) is 0.389. The third-order valence-electron chi connectivity index (χ3n) is 5.84. The molecule has 2 aromatic carbocycles. The monoisotopic (exact) mass is 704 g/mol. The summed E-state index contributed by atoms with van der Waals surface area (Å²) in [5, 5.41) is 18.7. The number of urea groups is 1. The Morgan fingerprint density at radius 2 is 1.87 bits per heavy atom.